The van der Waals surface area contributed by atoms with E-state index in [-0.39, 0.29) is 23.9 Å². The van der Waals surface area contributed by atoms with E-state index < -0.39 is 0 Å². The molecule has 1 N–H and O–H groups in total. The van der Waals surface area contributed by atoms with Gasteiger partial charge in [-0.05, 0) is 26.0 Å². The van der Waals surface area contributed by atoms with Gasteiger partial charge in [0.2, 0.25) is 5.91 Å². The molecule has 1 atom stereocenters. The number of amides is 2. The minimum atomic E-state index is -0.175. The molecule has 1 aliphatic rings. The highest BCUT2D eigenvalue weighted by Crippen LogP contribution is 2.14. The van der Waals surface area contributed by atoms with E-state index in [0.29, 0.717) is 18.5 Å². The van der Waals surface area contributed by atoms with Gasteiger partial charge in [-0.3, -0.25) is 14.6 Å². The van der Waals surface area contributed by atoms with Crippen LogP contribution in [0.3, 0.4) is 0 Å². The number of hydrogen-bond donors (Lipinski definition) is 1. The Balaban J connectivity index is 1.96. The number of carbonyl (C=O) groups excluding carboxylic acids is 2. The molecular formula is C13H17N3O2. The van der Waals surface area contributed by atoms with Crippen molar-refractivity contribution in [2.45, 2.75) is 32.4 Å². The smallest absolute Gasteiger partial charge is 0.253 e. The molecule has 96 valence electrons. The number of hydrogen-bond acceptors (Lipinski definition) is 3. The van der Waals surface area contributed by atoms with Crippen LogP contribution in [0, 0.1) is 0 Å². The van der Waals surface area contributed by atoms with Crippen molar-refractivity contribution in [2.24, 2.45) is 0 Å². The van der Waals surface area contributed by atoms with Crippen LogP contribution in [-0.2, 0) is 4.79 Å². The van der Waals surface area contributed by atoms with Crippen molar-refractivity contribution >= 4 is 11.8 Å². The van der Waals surface area contributed by atoms with Gasteiger partial charge >= 0.3 is 0 Å². The Kier molecular flexibility index (Phi) is 3.60. The SMILES string of the molecule is CC(C)N1CC(NC(=O)c2cccnc2)CC1=O. The topological polar surface area (TPSA) is 62.3 Å². The number of nitrogens with zero attached hydrogens (tertiary/aromatic N) is 2. The van der Waals surface area contributed by atoms with E-state index in [0.717, 1.165) is 0 Å². The molecule has 0 bridgehead atoms. The molecule has 5 nitrogen and oxygen atoms in total. The molecule has 18 heavy (non-hydrogen) atoms. The van der Waals surface area contributed by atoms with Gasteiger partial charge in [0.1, 0.15) is 0 Å². The van der Waals surface area contributed by atoms with Gasteiger partial charge in [0.15, 0.2) is 0 Å². The van der Waals surface area contributed by atoms with Crippen LogP contribution in [0.25, 0.3) is 0 Å². The molecule has 0 spiro atoms. The van der Waals surface area contributed by atoms with Crippen molar-refractivity contribution in [1.82, 2.24) is 15.2 Å². The quantitative estimate of drug-likeness (QED) is 0.860. The molecule has 0 aromatic carbocycles. The zero-order valence-electron chi connectivity index (χ0n) is 10.6. The van der Waals surface area contributed by atoms with Crippen LogP contribution >= 0.6 is 0 Å². The highest BCUT2D eigenvalue weighted by atomic mass is 16.2. The maximum Gasteiger partial charge on any atom is 0.253 e. The van der Waals surface area contributed by atoms with E-state index in [1.807, 2.05) is 13.8 Å². The monoisotopic (exact) mass is 247 g/mol. The Morgan fingerprint density at radius 3 is 2.89 bits per heavy atom. The molecule has 0 radical (unpaired) electrons. The van der Waals surface area contributed by atoms with Gasteiger partial charge in [0.25, 0.3) is 5.91 Å². The van der Waals surface area contributed by atoms with Gasteiger partial charge in [-0.2, -0.15) is 0 Å². The van der Waals surface area contributed by atoms with Gasteiger partial charge in [-0.25, -0.2) is 0 Å². The molecule has 2 rings (SSSR count). The Bertz CT molecular complexity index is 445. The summed E-state index contributed by atoms with van der Waals surface area (Å²) >= 11 is 0. The normalized spacial score (nSPS) is 19.4. The molecule has 1 aromatic heterocycles. The lowest BCUT2D eigenvalue weighted by atomic mass is 10.2. The predicted molar refractivity (Wildman–Crippen MR) is 67.0 cm³/mol. The van der Waals surface area contributed by atoms with E-state index in [1.165, 1.54) is 6.20 Å². The summed E-state index contributed by atoms with van der Waals surface area (Å²) in [6.45, 7) is 4.54. The standard InChI is InChI=1S/C13H17N3O2/c1-9(2)16-8-11(6-12(16)17)15-13(18)10-4-3-5-14-7-10/h3-5,7,9,11H,6,8H2,1-2H3,(H,15,18). The van der Waals surface area contributed by atoms with Crippen LogP contribution in [0.1, 0.15) is 30.6 Å². The first-order valence-electron chi connectivity index (χ1n) is 6.08. The molecule has 2 amide bonds. The molecule has 1 aromatic rings. The zero-order valence-corrected chi connectivity index (χ0v) is 10.6. The zero-order chi connectivity index (χ0) is 13.1. The summed E-state index contributed by atoms with van der Waals surface area (Å²) in [4.78, 5) is 29.3. The van der Waals surface area contributed by atoms with Crippen molar-refractivity contribution in [3.8, 4) is 0 Å². The first-order valence-corrected chi connectivity index (χ1v) is 6.08. The summed E-state index contributed by atoms with van der Waals surface area (Å²) < 4.78 is 0. The molecular weight excluding hydrogens is 230 g/mol. The molecule has 0 saturated carbocycles. The third kappa shape index (κ3) is 2.67. The van der Waals surface area contributed by atoms with Gasteiger partial charge in [-0.1, -0.05) is 0 Å². The van der Waals surface area contributed by atoms with Crippen LogP contribution in [-0.4, -0.2) is 40.3 Å². The largest absolute Gasteiger partial charge is 0.347 e. The number of nitrogens with one attached hydrogen (secondary N) is 1. The number of rotatable bonds is 3. The third-order valence-corrected chi connectivity index (χ3v) is 3.04. The van der Waals surface area contributed by atoms with Crippen molar-refractivity contribution in [2.75, 3.05) is 6.54 Å². The van der Waals surface area contributed by atoms with E-state index in [2.05, 4.69) is 10.3 Å². The second kappa shape index (κ2) is 5.16. The summed E-state index contributed by atoms with van der Waals surface area (Å²) in [5.74, 6) is -0.0759. The van der Waals surface area contributed by atoms with Gasteiger partial charge in [0, 0.05) is 31.4 Å². The maximum atomic E-state index is 11.9. The van der Waals surface area contributed by atoms with Crippen molar-refractivity contribution in [1.29, 1.82) is 0 Å². The fourth-order valence-corrected chi connectivity index (χ4v) is 2.09. The lowest BCUT2D eigenvalue weighted by molar-refractivity contribution is -0.129. The Hall–Kier alpha value is -1.91. The first-order chi connectivity index (χ1) is 8.58. The van der Waals surface area contributed by atoms with Gasteiger partial charge < -0.3 is 10.2 Å². The van der Waals surface area contributed by atoms with Crippen LogP contribution in [0.2, 0.25) is 0 Å². The summed E-state index contributed by atoms with van der Waals surface area (Å²) in [6, 6.07) is 3.50. The average Bonchev–Trinajstić information content (AvgIpc) is 2.71. The van der Waals surface area contributed by atoms with E-state index >= 15 is 0 Å². The molecule has 1 saturated heterocycles. The van der Waals surface area contributed by atoms with Gasteiger partial charge in [0.05, 0.1) is 11.6 Å². The Morgan fingerprint density at radius 2 is 2.33 bits per heavy atom. The molecule has 5 heteroatoms. The molecule has 1 fully saturated rings. The minimum absolute atomic E-state index is 0.0986. The van der Waals surface area contributed by atoms with Crippen molar-refractivity contribution < 1.29 is 9.59 Å². The fraction of sp³-hybridized carbons (Fsp3) is 0.462. The lowest BCUT2D eigenvalue weighted by Gasteiger charge is -2.21. The molecule has 0 aliphatic carbocycles. The summed E-state index contributed by atoms with van der Waals surface area (Å²) in [5.41, 5.74) is 0.521. The number of aromatic nitrogens is 1. The average molecular weight is 247 g/mol. The van der Waals surface area contributed by atoms with Crippen LogP contribution in [0.15, 0.2) is 24.5 Å². The Labute approximate surface area is 106 Å². The van der Waals surface area contributed by atoms with Crippen LogP contribution in [0.5, 0.6) is 0 Å². The number of carbonyl (C=O) groups is 2. The summed E-state index contributed by atoms with van der Waals surface area (Å²) in [5, 5.41) is 2.87. The van der Waals surface area contributed by atoms with E-state index in [1.54, 1.807) is 23.2 Å². The molecule has 2 heterocycles. The highest BCUT2D eigenvalue weighted by Gasteiger charge is 2.32. The summed E-state index contributed by atoms with van der Waals surface area (Å²) in [7, 11) is 0. The van der Waals surface area contributed by atoms with Crippen LogP contribution in [0.4, 0.5) is 0 Å². The second-order valence-corrected chi connectivity index (χ2v) is 4.76. The number of likely N-dealkylation sites (tertiary alicyclic amines) is 1. The third-order valence-electron chi connectivity index (χ3n) is 3.04. The second-order valence-electron chi connectivity index (χ2n) is 4.76. The van der Waals surface area contributed by atoms with E-state index in [9.17, 15) is 9.59 Å². The highest BCUT2D eigenvalue weighted by molar-refractivity contribution is 5.94. The number of pyridine rings is 1. The predicted octanol–water partition coefficient (Wildman–Crippen LogP) is 0.821. The Morgan fingerprint density at radius 1 is 1.56 bits per heavy atom. The summed E-state index contributed by atoms with van der Waals surface area (Å²) in [6.07, 6.45) is 3.52. The van der Waals surface area contributed by atoms with Crippen molar-refractivity contribution in [3.63, 3.8) is 0 Å². The van der Waals surface area contributed by atoms with E-state index in [4.69, 9.17) is 0 Å². The lowest BCUT2D eigenvalue weighted by Crippen LogP contribution is -2.38. The molecule has 1 unspecified atom stereocenters. The minimum Gasteiger partial charge on any atom is -0.347 e. The fourth-order valence-electron chi connectivity index (χ4n) is 2.09. The van der Waals surface area contributed by atoms with Gasteiger partial charge in [-0.15, -0.1) is 0 Å². The van der Waals surface area contributed by atoms with Crippen molar-refractivity contribution in [3.05, 3.63) is 30.1 Å². The molecule has 1 aliphatic heterocycles. The van der Waals surface area contributed by atoms with Crippen LogP contribution < -0.4 is 5.32 Å². The maximum absolute atomic E-state index is 11.9. The first kappa shape index (κ1) is 12.5.